The number of fused-ring (bicyclic) bond motifs is 1. The molecule has 2 fully saturated rings. The van der Waals surface area contributed by atoms with E-state index in [1.165, 1.54) is 0 Å². The molecular formula is C36H37NO5. The Morgan fingerprint density at radius 3 is 1.38 bits per heavy atom. The number of rotatable bonds is 14. The molecule has 0 unspecified atom stereocenters. The lowest BCUT2D eigenvalue weighted by molar-refractivity contribution is -0.168. The monoisotopic (exact) mass is 563 g/mol. The van der Waals surface area contributed by atoms with E-state index in [0.717, 1.165) is 22.3 Å². The molecular weight excluding hydrogens is 526 g/mol. The number of carbonyl (C=O) groups is 1. The summed E-state index contributed by atoms with van der Waals surface area (Å²) < 4.78 is 25.5. The normalized spacial score (nSPS) is 23.0. The number of β-lactam (4-membered cyclic amide) rings is 1. The molecule has 2 aliphatic heterocycles. The highest BCUT2D eigenvalue weighted by atomic mass is 16.5. The molecule has 4 aromatic carbocycles. The maximum atomic E-state index is 13.6. The minimum absolute atomic E-state index is 0.0699. The fourth-order valence-corrected chi connectivity index (χ4v) is 5.97. The van der Waals surface area contributed by atoms with Crippen molar-refractivity contribution in [2.45, 2.75) is 50.7 Å². The summed E-state index contributed by atoms with van der Waals surface area (Å²) in [7, 11) is 0. The molecule has 2 heterocycles. The van der Waals surface area contributed by atoms with E-state index in [-0.39, 0.29) is 36.1 Å². The summed E-state index contributed by atoms with van der Waals surface area (Å²) in [6.07, 6.45) is -0.667. The summed E-state index contributed by atoms with van der Waals surface area (Å²) in [6, 6.07) is 40.0. The van der Waals surface area contributed by atoms with Crippen molar-refractivity contribution in [2.24, 2.45) is 5.92 Å². The zero-order valence-electron chi connectivity index (χ0n) is 23.7. The molecule has 0 aliphatic carbocycles. The molecule has 6 rings (SSSR count). The van der Waals surface area contributed by atoms with Crippen LogP contribution < -0.4 is 0 Å². The van der Waals surface area contributed by atoms with Crippen LogP contribution in [0, 0.1) is 5.92 Å². The van der Waals surface area contributed by atoms with Crippen molar-refractivity contribution < 1.29 is 23.7 Å². The molecule has 216 valence electrons. The first kappa shape index (κ1) is 28.3. The van der Waals surface area contributed by atoms with Gasteiger partial charge in [-0.05, 0) is 22.3 Å². The van der Waals surface area contributed by atoms with Crippen LogP contribution in [0.4, 0.5) is 0 Å². The van der Waals surface area contributed by atoms with E-state index in [9.17, 15) is 4.79 Å². The highest BCUT2D eigenvalue weighted by Crippen LogP contribution is 2.43. The van der Waals surface area contributed by atoms with Crippen LogP contribution in [0.25, 0.3) is 0 Å². The van der Waals surface area contributed by atoms with Crippen LogP contribution in [-0.2, 0) is 50.2 Å². The van der Waals surface area contributed by atoms with Crippen LogP contribution in [0.2, 0.25) is 0 Å². The molecule has 0 aromatic heterocycles. The summed E-state index contributed by atoms with van der Waals surface area (Å²) in [5.41, 5.74) is 4.33. The third-order valence-electron chi connectivity index (χ3n) is 8.08. The Morgan fingerprint density at radius 1 is 0.500 bits per heavy atom. The van der Waals surface area contributed by atoms with Gasteiger partial charge < -0.3 is 23.8 Å². The standard InChI is InChI=1S/C36H37NO5/c38-36-31(25-39-21-27-13-5-1-6-14-27)33-35(42-24-30-19-11-4-12-20-30)34(41-23-29-17-9-3-10-18-29)32(37(33)36)26-40-22-28-15-7-2-8-16-28/h1-20,31-35H,21-26H2/t31-,32-,33-,34-,35-/m1/s1. The molecule has 0 spiro atoms. The molecule has 2 aliphatic rings. The Hall–Kier alpha value is -3.81. The zero-order chi connectivity index (χ0) is 28.6. The van der Waals surface area contributed by atoms with E-state index in [0.29, 0.717) is 39.6 Å². The molecule has 0 radical (unpaired) electrons. The second kappa shape index (κ2) is 13.9. The van der Waals surface area contributed by atoms with Gasteiger partial charge in [-0.1, -0.05) is 121 Å². The van der Waals surface area contributed by atoms with E-state index < -0.39 is 0 Å². The van der Waals surface area contributed by atoms with Gasteiger partial charge in [0.2, 0.25) is 5.91 Å². The van der Waals surface area contributed by atoms with E-state index >= 15 is 0 Å². The van der Waals surface area contributed by atoms with Crippen molar-refractivity contribution in [2.75, 3.05) is 13.2 Å². The van der Waals surface area contributed by atoms with Gasteiger partial charge in [0.05, 0.1) is 57.6 Å². The zero-order valence-corrected chi connectivity index (χ0v) is 23.7. The summed E-state index contributed by atoms with van der Waals surface area (Å²) in [5, 5.41) is 0. The molecule has 6 heteroatoms. The van der Waals surface area contributed by atoms with Gasteiger partial charge in [-0.25, -0.2) is 0 Å². The number of amides is 1. The number of hydrogen-bond acceptors (Lipinski definition) is 5. The minimum Gasteiger partial charge on any atom is -0.376 e. The molecule has 0 bridgehead atoms. The quantitative estimate of drug-likeness (QED) is 0.182. The van der Waals surface area contributed by atoms with Crippen molar-refractivity contribution in [3.63, 3.8) is 0 Å². The van der Waals surface area contributed by atoms with Gasteiger partial charge in [-0.2, -0.15) is 0 Å². The van der Waals surface area contributed by atoms with Crippen LogP contribution in [0.15, 0.2) is 121 Å². The Morgan fingerprint density at radius 2 is 0.905 bits per heavy atom. The molecule has 4 aromatic rings. The van der Waals surface area contributed by atoms with E-state index in [1.54, 1.807) is 0 Å². The van der Waals surface area contributed by atoms with Crippen LogP contribution in [0.3, 0.4) is 0 Å². The number of carbonyl (C=O) groups excluding carboxylic acids is 1. The lowest BCUT2D eigenvalue weighted by atomic mass is 9.87. The highest BCUT2D eigenvalue weighted by Gasteiger charge is 2.64. The fourth-order valence-electron chi connectivity index (χ4n) is 5.97. The van der Waals surface area contributed by atoms with Gasteiger partial charge in [0.15, 0.2) is 0 Å². The lowest BCUT2D eigenvalue weighted by Crippen LogP contribution is -2.64. The second-order valence-electron chi connectivity index (χ2n) is 10.9. The predicted octanol–water partition coefficient (Wildman–Crippen LogP) is 5.80. The van der Waals surface area contributed by atoms with Gasteiger partial charge in [0, 0.05) is 0 Å². The number of nitrogens with zero attached hydrogens (tertiary/aromatic N) is 1. The van der Waals surface area contributed by atoms with Crippen LogP contribution in [0.1, 0.15) is 22.3 Å². The Labute approximate surface area is 247 Å². The smallest absolute Gasteiger partial charge is 0.231 e. The first-order chi connectivity index (χ1) is 20.8. The molecule has 6 nitrogen and oxygen atoms in total. The molecule has 1 amide bonds. The summed E-state index contributed by atoms with van der Waals surface area (Å²) in [5.74, 6) is -0.225. The number of ether oxygens (including phenoxy) is 4. The summed E-state index contributed by atoms with van der Waals surface area (Å²) >= 11 is 0. The van der Waals surface area contributed by atoms with Gasteiger partial charge in [0.1, 0.15) is 12.2 Å². The molecule has 42 heavy (non-hydrogen) atoms. The van der Waals surface area contributed by atoms with Crippen molar-refractivity contribution >= 4 is 5.91 Å². The van der Waals surface area contributed by atoms with Crippen molar-refractivity contribution in [3.8, 4) is 0 Å². The third kappa shape index (κ3) is 6.63. The van der Waals surface area contributed by atoms with Crippen LogP contribution in [-0.4, -0.2) is 48.3 Å². The molecule has 5 atom stereocenters. The third-order valence-corrected chi connectivity index (χ3v) is 8.08. The highest BCUT2D eigenvalue weighted by molar-refractivity contribution is 5.87. The topological polar surface area (TPSA) is 57.2 Å². The van der Waals surface area contributed by atoms with Crippen molar-refractivity contribution in [1.29, 1.82) is 0 Å². The number of benzene rings is 4. The average molecular weight is 564 g/mol. The Balaban J connectivity index is 1.21. The largest absolute Gasteiger partial charge is 0.376 e. The minimum atomic E-state index is -0.349. The summed E-state index contributed by atoms with van der Waals surface area (Å²) in [6.45, 7) is 2.49. The number of hydrogen-bond donors (Lipinski definition) is 0. The maximum absolute atomic E-state index is 13.6. The predicted molar refractivity (Wildman–Crippen MR) is 160 cm³/mol. The lowest BCUT2D eigenvalue weighted by Gasteiger charge is -2.46. The van der Waals surface area contributed by atoms with Gasteiger partial charge in [-0.3, -0.25) is 4.79 Å². The van der Waals surface area contributed by atoms with Crippen molar-refractivity contribution in [1.82, 2.24) is 4.90 Å². The molecule has 2 saturated heterocycles. The van der Waals surface area contributed by atoms with E-state index in [1.807, 2.05) is 102 Å². The average Bonchev–Trinajstić information content (AvgIpc) is 3.32. The fraction of sp³-hybridized carbons (Fsp3) is 0.306. The van der Waals surface area contributed by atoms with E-state index in [4.69, 9.17) is 18.9 Å². The van der Waals surface area contributed by atoms with Gasteiger partial charge in [-0.15, -0.1) is 0 Å². The van der Waals surface area contributed by atoms with Crippen molar-refractivity contribution in [3.05, 3.63) is 144 Å². The van der Waals surface area contributed by atoms with Gasteiger partial charge in [0.25, 0.3) is 0 Å². The first-order valence-electron chi connectivity index (χ1n) is 14.6. The van der Waals surface area contributed by atoms with Crippen LogP contribution >= 0.6 is 0 Å². The second-order valence-corrected chi connectivity index (χ2v) is 10.9. The first-order valence-corrected chi connectivity index (χ1v) is 14.6. The molecule has 0 saturated carbocycles. The Kier molecular flexibility index (Phi) is 9.37. The summed E-state index contributed by atoms with van der Waals surface area (Å²) in [4.78, 5) is 15.6. The maximum Gasteiger partial charge on any atom is 0.231 e. The van der Waals surface area contributed by atoms with Gasteiger partial charge >= 0.3 is 0 Å². The van der Waals surface area contributed by atoms with E-state index in [2.05, 4.69) is 24.3 Å². The SMILES string of the molecule is O=C1[C@H](COCc2ccccc2)[C@@H]2[C@@H](OCc3ccccc3)[C@H](OCc3ccccc3)[C@@H](COCc3ccccc3)N12. The molecule has 0 N–H and O–H groups in total. The van der Waals surface area contributed by atoms with Crippen LogP contribution in [0.5, 0.6) is 0 Å². The Bertz CT molecular complexity index is 1390.